The Hall–Kier alpha value is -0.430. The van der Waals surface area contributed by atoms with Crippen molar-refractivity contribution < 1.29 is 4.74 Å². The van der Waals surface area contributed by atoms with Gasteiger partial charge in [0.2, 0.25) is 0 Å². The van der Waals surface area contributed by atoms with Crippen LogP contribution in [-0.2, 0) is 18.3 Å². The van der Waals surface area contributed by atoms with Crippen LogP contribution in [-0.4, -0.2) is 53.6 Å². The second-order valence-electron chi connectivity index (χ2n) is 5.37. The third kappa shape index (κ3) is 3.81. The van der Waals surface area contributed by atoms with Crippen molar-refractivity contribution in [1.82, 2.24) is 20.0 Å². The zero-order chi connectivity index (χ0) is 14.5. The monoisotopic (exact) mass is 344 g/mol. The summed E-state index contributed by atoms with van der Waals surface area (Å²) in [6.07, 6.45) is 1.17. The number of nitrogens with zero attached hydrogens (tertiary/aromatic N) is 3. The number of nitrogens with one attached hydrogen (secondary N) is 1. The quantitative estimate of drug-likeness (QED) is 0.797. The lowest BCUT2D eigenvalue weighted by Gasteiger charge is -2.35. The fraction of sp³-hybridized carbons (Fsp3) is 0.786. The van der Waals surface area contributed by atoms with Gasteiger partial charge in [0.05, 0.1) is 29.1 Å². The Bertz CT molecular complexity index is 435. The van der Waals surface area contributed by atoms with Crippen LogP contribution in [0.25, 0.3) is 0 Å². The molecule has 6 heteroatoms. The first-order chi connectivity index (χ1) is 9.63. The predicted octanol–water partition coefficient (Wildman–Crippen LogP) is 1.69. The summed E-state index contributed by atoms with van der Waals surface area (Å²) < 4.78 is 8.74. The van der Waals surface area contributed by atoms with Crippen molar-refractivity contribution in [3.8, 4) is 0 Å². The third-order valence-corrected chi connectivity index (χ3v) is 4.80. The Morgan fingerprint density at radius 3 is 2.95 bits per heavy atom. The summed E-state index contributed by atoms with van der Waals surface area (Å²) >= 11 is 3.65. The molecule has 20 heavy (non-hydrogen) atoms. The molecule has 0 aromatic carbocycles. The van der Waals surface area contributed by atoms with E-state index < -0.39 is 0 Å². The molecule has 0 bridgehead atoms. The highest BCUT2D eigenvalue weighted by Gasteiger charge is 2.25. The lowest BCUT2D eigenvalue weighted by molar-refractivity contribution is -0.0119. The second kappa shape index (κ2) is 7.54. The molecular formula is C14H25BrN4O. The molecule has 1 N–H and O–H groups in total. The van der Waals surface area contributed by atoms with Gasteiger partial charge in [0.15, 0.2) is 0 Å². The Morgan fingerprint density at radius 2 is 2.30 bits per heavy atom. The Kier molecular flexibility index (Phi) is 6.01. The van der Waals surface area contributed by atoms with E-state index in [9.17, 15) is 0 Å². The van der Waals surface area contributed by atoms with E-state index >= 15 is 0 Å². The number of hydrogen-bond donors (Lipinski definition) is 1. The molecule has 0 saturated carbocycles. The van der Waals surface area contributed by atoms with Gasteiger partial charge in [-0.25, -0.2) is 0 Å². The molecule has 2 rings (SSSR count). The van der Waals surface area contributed by atoms with Crippen LogP contribution < -0.4 is 5.32 Å². The van der Waals surface area contributed by atoms with E-state index in [1.165, 1.54) is 12.1 Å². The van der Waals surface area contributed by atoms with Crippen LogP contribution >= 0.6 is 15.9 Å². The number of aromatic nitrogens is 2. The van der Waals surface area contributed by atoms with Crippen molar-refractivity contribution in [2.75, 3.05) is 32.8 Å². The summed E-state index contributed by atoms with van der Waals surface area (Å²) in [6.45, 7) is 9.81. The van der Waals surface area contributed by atoms with Gasteiger partial charge in [-0.2, -0.15) is 5.10 Å². The van der Waals surface area contributed by atoms with Gasteiger partial charge < -0.3 is 10.1 Å². The minimum absolute atomic E-state index is 0.442. The van der Waals surface area contributed by atoms with E-state index in [-0.39, 0.29) is 0 Å². The van der Waals surface area contributed by atoms with Crippen LogP contribution in [0, 0.1) is 6.92 Å². The molecule has 1 fully saturated rings. The molecular weight excluding hydrogens is 320 g/mol. The minimum Gasteiger partial charge on any atom is -0.378 e. The molecule has 1 saturated heterocycles. The van der Waals surface area contributed by atoms with Crippen molar-refractivity contribution in [1.29, 1.82) is 0 Å². The van der Waals surface area contributed by atoms with Gasteiger partial charge in [0.25, 0.3) is 0 Å². The Morgan fingerprint density at radius 1 is 1.50 bits per heavy atom. The highest BCUT2D eigenvalue weighted by Crippen LogP contribution is 2.23. The van der Waals surface area contributed by atoms with Crippen molar-refractivity contribution in [3.05, 3.63) is 15.9 Å². The van der Waals surface area contributed by atoms with Crippen LogP contribution in [0.1, 0.15) is 24.7 Å². The molecule has 0 radical (unpaired) electrons. The van der Waals surface area contributed by atoms with Gasteiger partial charge in [-0.05, 0) is 35.8 Å². The molecule has 1 aliphatic heterocycles. The van der Waals surface area contributed by atoms with Crippen LogP contribution in [0.4, 0.5) is 0 Å². The number of morpholine rings is 1. The topological polar surface area (TPSA) is 42.3 Å². The zero-order valence-corrected chi connectivity index (χ0v) is 14.2. The standard InChI is InChI=1S/C14H25BrN4O/c1-4-5-16-8-12-10-20-7-6-19(12)9-13-14(15)11(2)17-18(13)3/h12,16H,4-10H2,1-3H3. The lowest BCUT2D eigenvalue weighted by Crippen LogP contribution is -2.50. The van der Waals surface area contributed by atoms with Crippen LogP contribution in [0.5, 0.6) is 0 Å². The summed E-state index contributed by atoms with van der Waals surface area (Å²) in [5, 5.41) is 7.97. The van der Waals surface area contributed by atoms with E-state index in [0.29, 0.717) is 6.04 Å². The van der Waals surface area contributed by atoms with E-state index in [2.05, 4.69) is 38.2 Å². The SMILES string of the molecule is CCCNCC1COCCN1Cc1c(Br)c(C)nn1C. The highest BCUT2D eigenvalue weighted by atomic mass is 79.9. The average molecular weight is 345 g/mol. The van der Waals surface area contributed by atoms with Crippen LogP contribution in [0.3, 0.4) is 0 Å². The normalized spacial score (nSPS) is 20.5. The van der Waals surface area contributed by atoms with Crippen molar-refractivity contribution in [2.45, 2.75) is 32.9 Å². The number of rotatable bonds is 6. The maximum atomic E-state index is 5.63. The van der Waals surface area contributed by atoms with Crippen LogP contribution in [0.2, 0.25) is 0 Å². The second-order valence-corrected chi connectivity index (χ2v) is 6.17. The van der Waals surface area contributed by atoms with Crippen LogP contribution in [0.15, 0.2) is 4.47 Å². The van der Waals surface area contributed by atoms with E-state index in [1.54, 1.807) is 0 Å². The first kappa shape index (κ1) is 15.9. The number of aryl methyl sites for hydroxylation is 2. The first-order valence-electron chi connectivity index (χ1n) is 7.34. The Balaban J connectivity index is 2.00. The third-order valence-electron chi connectivity index (χ3n) is 3.77. The highest BCUT2D eigenvalue weighted by molar-refractivity contribution is 9.10. The molecule has 0 amide bonds. The number of halogens is 1. The molecule has 1 aliphatic rings. The van der Waals surface area contributed by atoms with Gasteiger partial charge >= 0.3 is 0 Å². The van der Waals surface area contributed by atoms with Crippen molar-refractivity contribution in [3.63, 3.8) is 0 Å². The molecule has 1 aromatic rings. The van der Waals surface area contributed by atoms with Gasteiger partial charge in [-0.1, -0.05) is 6.92 Å². The molecule has 1 aromatic heterocycles. The van der Waals surface area contributed by atoms with Gasteiger partial charge in [0.1, 0.15) is 0 Å². The zero-order valence-electron chi connectivity index (χ0n) is 12.7. The fourth-order valence-electron chi connectivity index (χ4n) is 2.58. The Labute approximate surface area is 129 Å². The molecule has 114 valence electrons. The van der Waals surface area contributed by atoms with Gasteiger partial charge in [-0.3, -0.25) is 9.58 Å². The van der Waals surface area contributed by atoms with E-state index in [0.717, 1.165) is 49.6 Å². The maximum Gasteiger partial charge on any atom is 0.0739 e. The molecule has 0 aliphatic carbocycles. The molecule has 0 spiro atoms. The van der Waals surface area contributed by atoms with E-state index in [1.807, 2.05) is 18.7 Å². The average Bonchev–Trinajstić information content (AvgIpc) is 2.67. The molecule has 1 unspecified atom stereocenters. The minimum atomic E-state index is 0.442. The summed E-state index contributed by atoms with van der Waals surface area (Å²) in [5.74, 6) is 0. The smallest absolute Gasteiger partial charge is 0.0739 e. The van der Waals surface area contributed by atoms with Gasteiger partial charge in [-0.15, -0.1) is 0 Å². The molecule has 5 nitrogen and oxygen atoms in total. The summed E-state index contributed by atoms with van der Waals surface area (Å²) in [6, 6.07) is 0.442. The predicted molar refractivity (Wildman–Crippen MR) is 83.8 cm³/mol. The van der Waals surface area contributed by atoms with Gasteiger partial charge in [0, 0.05) is 32.7 Å². The largest absolute Gasteiger partial charge is 0.378 e. The van der Waals surface area contributed by atoms with Crippen molar-refractivity contribution in [2.24, 2.45) is 7.05 Å². The first-order valence-corrected chi connectivity index (χ1v) is 8.13. The summed E-state index contributed by atoms with van der Waals surface area (Å²) in [5.41, 5.74) is 2.29. The number of hydrogen-bond acceptors (Lipinski definition) is 4. The maximum absolute atomic E-state index is 5.63. The summed E-state index contributed by atoms with van der Waals surface area (Å²) in [7, 11) is 2.01. The fourth-order valence-corrected chi connectivity index (χ4v) is 3.04. The number of ether oxygens (including phenoxy) is 1. The summed E-state index contributed by atoms with van der Waals surface area (Å²) in [4.78, 5) is 2.49. The molecule has 2 heterocycles. The molecule has 1 atom stereocenters. The van der Waals surface area contributed by atoms with E-state index in [4.69, 9.17) is 4.74 Å². The lowest BCUT2D eigenvalue weighted by atomic mass is 10.2. The van der Waals surface area contributed by atoms with Crippen molar-refractivity contribution >= 4 is 15.9 Å².